The quantitative estimate of drug-likeness (QED) is 0.336. The van der Waals surface area contributed by atoms with Crippen LogP contribution in [0.2, 0.25) is 0 Å². The highest BCUT2D eigenvalue weighted by Crippen LogP contribution is 2.08. The molecule has 3 aromatic rings. The normalized spacial score (nSPS) is 19.5. The number of carbonyl (C=O) groups is 4. The van der Waals surface area contributed by atoms with Crippen molar-refractivity contribution in [3.8, 4) is 0 Å². The van der Waals surface area contributed by atoms with Gasteiger partial charge in [0.15, 0.2) is 0 Å². The van der Waals surface area contributed by atoms with E-state index in [1.165, 1.54) is 12.1 Å². The Hall–Kier alpha value is -4.57. The second-order valence-electron chi connectivity index (χ2n) is 9.17. The molecule has 0 saturated heterocycles. The molecule has 0 spiro atoms. The fraction of sp³-hybridized carbons (Fsp3) is 0.276. The molecule has 10 nitrogen and oxygen atoms in total. The zero-order chi connectivity index (χ0) is 27.5. The van der Waals surface area contributed by atoms with E-state index in [4.69, 9.17) is 0 Å². The molecule has 39 heavy (non-hydrogen) atoms. The molecular formula is C29H32N6O4. The lowest BCUT2D eigenvalue weighted by Gasteiger charge is -2.20. The van der Waals surface area contributed by atoms with E-state index in [0.717, 1.165) is 11.1 Å². The highest BCUT2D eigenvalue weighted by molar-refractivity contribution is 5.99. The zero-order valence-corrected chi connectivity index (χ0v) is 21.5. The Kier molecular flexibility index (Phi) is 9.74. The maximum atomic E-state index is 13.1. The lowest BCUT2D eigenvalue weighted by molar-refractivity contribution is -0.123. The molecule has 0 aliphatic carbocycles. The predicted molar refractivity (Wildman–Crippen MR) is 146 cm³/mol. The van der Waals surface area contributed by atoms with E-state index in [0.29, 0.717) is 39.0 Å². The van der Waals surface area contributed by atoms with Crippen LogP contribution in [0.3, 0.4) is 0 Å². The molecule has 10 heteroatoms. The van der Waals surface area contributed by atoms with Gasteiger partial charge in [0.25, 0.3) is 11.8 Å². The number of aromatic nitrogens is 1. The molecule has 2 atom stereocenters. The number of pyridine rings is 1. The first-order valence-corrected chi connectivity index (χ1v) is 12.9. The Morgan fingerprint density at radius 3 is 1.44 bits per heavy atom. The van der Waals surface area contributed by atoms with Crippen LogP contribution >= 0.6 is 0 Å². The van der Waals surface area contributed by atoms with Gasteiger partial charge in [0.1, 0.15) is 23.5 Å². The van der Waals surface area contributed by atoms with Crippen LogP contribution in [0.25, 0.3) is 0 Å². The summed E-state index contributed by atoms with van der Waals surface area (Å²) >= 11 is 0. The summed E-state index contributed by atoms with van der Waals surface area (Å²) < 4.78 is 0. The number of fused-ring (bicyclic) bond motifs is 2. The van der Waals surface area contributed by atoms with Gasteiger partial charge < -0.3 is 26.6 Å². The van der Waals surface area contributed by atoms with Crippen LogP contribution in [-0.4, -0.2) is 66.9 Å². The lowest BCUT2D eigenvalue weighted by Crippen LogP contribution is -2.51. The number of hydrogen-bond acceptors (Lipinski definition) is 6. The molecular weight excluding hydrogens is 496 g/mol. The van der Waals surface area contributed by atoms with Gasteiger partial charge in [-0.05, 0) is 23.3 Å². The summed E-state index contributed by atoms with van der Waals surface area (Å²) in [6.45, 7) is 1.63. The van der Waals surface area contributed by atoms with Crippen molar-refractivity contribution in [2.45, 2.75) is 24.9 Å². The van der Waals surface area contributed by atoms with E-state index in [9.17, 15) is 19.2 Å². The van der Waals surface area contributed by atoms with Gasteiger partial charge in [-0.25, -0.2) is 4.98 Å². The minimum Gasteiger partial charge on any atom is -0.353 e. The van der Waals surface area contributed by atoms with Crippen LogP contribution in [0.4, 0.5) is 0 Å². The van der Waals surface area contributed by atoms with E-state index < -0.39 is 23.9 Å². The lowest BCUT2D eigenvalue weighted by atomic mass is 10.0. The molecule has 2 aromatic carbocycles. The molecule has 1 aromatic heterocycles. The van der Waals surface area contributed by atoms with E-state index in [1.807, 2.05) is 60.7 Å². The minimum absolute atomic E-state index is 0.0136. The zero-order valence-electron chi connectivity index (χ0n) is 21.5. The Labute approximate surface area is 227 Å². The summed E-state index contributed by atoms with van der Waals surface area (Å²) in [5.41, 5.74) is 1.75. The average Bonchev–Trinajstić information content (AvgIpc) is 2.96. The summed E-state index contributed by atoms with van der Waals surface area (Å²) in [5, 5.41) is 14.4. The van der Waals surface area contributed by atoms with Crippen molar-refractivity contribution in [2.75, 3.05) is 26.2 Å². The van der Waals surface area contributed by atoms with E-state index >= 15 is 0 Å². The Morgan fingerprint density at radius 1 is 0.564 bits per heavy atom. The van der Waals surface area contributed by atoms with Crippen LogP contribution < -0.4 is 26.6 Å². The summed E-state index contributed by atoms with van der Waals surface area (Å²) in [5.74, 6) is -1.83. The Balaban J connectivity index is 1.57. The second-order valence-corrected chi connectivity index (χ2v) is 9.17. The third kappa shape index (κ3) is 8.21. The van der Waals surface area contributed by atoms with Crippen LogP contribution in [0.5, 0.6) is 0 Å². The number of nitrogens with zero attached hydrogens (tertiary/aromatic N) is 1. The van der Waals surface area contributed by atoms with Crippen molar-refractivity contribution in [2.24, 2.45) is 0 Å². The SMILES string of the molecule is O=C1N[C@@H](Cc2ccccc2)C(=O)NCCNCCNC(=O)[C@H](Cc2ccccc2)NC(=O)c2cccc1n2. The fourth-order valence-corrected chi connectivity index (χ4v) is 4.19. The standard InChI is InChI=1S/C29H32N6O4/c36-26-24(18-20-8-3-1-4-9-20)34-28(38)22-12-7-13-23(33-22)29(39)35-25(19-21-10-5-2-6-11-21)27(37)32-17-15-30-14-16-31-26/h1-13,24-25,30H,14-19H2,(H,31,36)(H,32,37)(H,34,38)(H,35,39)/t24-,25-/m0/s1. The van der Waals surface area contributed by atoms with E-state index in [1.54, 1.807) is 6.07 Å². The minimum atomic E-state index is -0.840. The first-order chi connectivity index (χ1) is 19.0. The highest BCUT2D eigenvalue weighted by Gasteiger charge is 2.25. The molecule has 4 rings (SSSR count). The van der Waals surface area contributed by atoms with E-state index in [2.05, 4.69) is 31.6 Å². The van der Waals surface area contributed by atoms with Crippen molar-refractivity contribution >= 4 is 23.6 Å². The molecule has 5 N–H and O–H groups in total. The van der Waals surface area contributed by atoms with Crippen molar-refractivity contribution in [3.63, 3.8) is 0 Å². The molecule has 0 saturated carbocycles. The second kappa shape index (κ2) is 13.8. The summed E-state index contributed by atoms with van der Waals surface area (Å²) in [4.78, 5) is 56.4. The smallest absolute Gasteiger partial charge is 0.270 e. The number of amides is 4. The monoisotopic (exact) mass is 528 g/mol. The highest BCUT2D eigenvalue weighted by atomic mass is 16.2. The van der Waals surface area contributed by atoms with Gasteiger partial charge in [0.2, 0.25) is 11.8 Å². The molecule has 1 aliphatic heterocycles. The van der Waals surface area contributed by atoms with E-state index in [-0.39, 0.29) is 23.2 Å². The molecule has 2 heterocycles. The van der Waals surface area contributed by atoms with Gasteiger partial charge in [0, 0.05) is 39.0 Å². The number of hydrogen-bond donors (Lipinski definition) is 5. The molecule has 0 fully saturated rings. The number of carbonyl (C=O) groups excluding carboxylic acids is 4. The first-order valence-electron chi connectivity index (χ1n) is 12.9. The Bertz CT molecular complexity index is 1190. The van der Waals surface area contributed by atoms with Crippen LogP contribution in [0.1, 0.15) is 32.1 Å². The molecule has 0 radical (unpaired) electrons. The van der Waals surface area contributed by atoms with Gasteiger partial charge in [-0.2, -0.15) is 0 Å². The Morgan fingerprint density at radius 2 is 1.00 bits per heavy atom. The van der Waals surface area contributed by atoms with Crippen LogP contribution in [-0.2, 0) is 22.4 Å². The van der Waals surface area contributed by atoms with Crippen molar-refractivity contribution < 1.29 is 19.2 Å². The van der Waals surface area contributed by atoms with Gasteiger partial charge >= 0.3 is 0 Å². The summed E-state index contributed by atoms with van der Waals surface area (Å²) in [7, 11) is 0. The largest absolute Gasteiger partial charge is 0.353 e. The molecule has 0 unspecified atom stereocenters. The number of nitrogens with one attached hydrogen (secondary N) is 5. The number of rotatable bonds is 4. The van der Waals surface area contributed by atoms with Crippen molar-refractivity contribution in [1.29, 1.82) is 0 Å². The molecule has 1 aliphatic rings. The van der Waals surface area contributed by atoms with Gasteiger partial charge in [0.05, 0.1) is 0 Å². The van der Waals surface area contributed by atoms with Crippen LogP contribution in [0.15, 0.2) is 78.9 Å². The fourth-order valence-electron chi connectivity index (χ4n) is 4.19. The average molecular weight is 529 g/mol. The van der Waals surface area contributed by atoms with Crippen molar-refractivity contribution in [1.82, 2.24) is 31.6 Å². The first kappa shape index (κ1) is 27.5. The topological polar surface area (TPSA) is 141 Å². The summed E-state index contributed by atoms with van der Waals surface area (Å²) in [6.07, 6.45) is 0.582. The molecule has 2 bridgehead atoms. The van der Waals surface area contributed by atoms with Gasteiger partial charge in [-0.3, -0.25) is 19.2 Å². The number of benzene rings is 2. The van der Waals surface area contributed by atoms with Crippen LogP contribution in [0, 0.1) is 0 Å². The third-order valence-corrected chi connectivity index (χ3v) is 6.23. The third-order valence-electron chi connectivity index (χ3n) is 6.23. The predicted octanol–water partition coefficient (Wildman–Crippen LogP) is 0.599. The van der Waals surface area contributed by atoms with Gasteiger partial charge in [-0.1, -0.05) is 66.7 Å². The maximum Gasteiger partial charge on any atom is 0.270 e. The summed E-state index contributed by atoms with van der Waals surface area (Å²) in [6, 6.07) is 21.6. The molecule has 202 valence electrons. The maximum absolute atomic E-state index is 13.1. The molecule has 4 amide bonds. The van der Waals surface area contributed by atoms with Gasteiger partial charge in [-0.15, -0.1) is 0 Å². The van der Waals surface area contributed by atoms with Crippen molar-refractivity contribution in [3.05, 3.63) is 101 Å².